The van der Waals surface area contributed by atoms with E-state index in [1.807, 2.05) is 12.1 Å². The summed E-state index contributed by atoms with van der Waals surface area (Å²) in [5, 5.41) is 16.4. The Bertz CT molecular complexity index is 531. The summed E-state index contributed by atoms with van der Waals surface area (Å²) in [4.78, 5) is 4.65. The Balaban J connectivity index is 0.00000312. The highest BCUT2D eigenvalue weighted by Gasteiger charge is 2.33. The van der Waals surface area contributed by atoms with Crippen molar-refractivity contribution in [2.24, 2.45) is 10.4 Å². The predicted molar refractivity (Wildman–Crippen MR) is 114 cm³/mol. The van der Waals surface area contributed by atoms with Gasteiger partial charge >= 0.3 is 0 Å². The zero-order chi connectivity index (χ0) is 17.3. The number of nitrogens with zero attached hydrogens (tertiary/aromatic N) is 1. The SMILES string of the molecule is CCNC(=NCc1cccc(O)c1)NCC1(CCOC)CCCC1.I. The third kappa shape index (κ3) is 7.40. The number of rotatable bonds is 8. The Hall–Kier alpha value is -1.02. The molecule has 0 saturated heterocycles. The Labute approximate surface area is 168 Å². The van der Waals surface area contributed by atoms with E-state index < -0.39 is 0 Å². The van der Waals surface area contributed by atoms with Crippen LogP contribution in [0.15, 0.2) is 29.3 Å². The van der Waals surface area contributed by atoms with Gasteiger partial charge in [0, 0.05) is 26.8 Å². The lowest BCUT2D eigenvalue weighted by molar-refractivity contribution is 0.138. The number of aromatic hydroxyl groups is 1. The van der Waals surface area contributed by atoms with Crippen molar-refractivity contribution in [2.75, 3.05) is 26.8 Å². The van der Waals surface area contributed by atoms with Crippen molar-refractivity contribution < 1.29 is 9.84 Å². The second kappa shape index (κ2) is 11.6. The van der Waals surface area contributed by atoms with Gasteiger partial charge in [0.1, 0.15) is 5.75 Å². The van der Waals surface area contributed by atoms with Crippen molar-refractivity contribution >= 4 is 29.9 Å². The topological polar surface area (TPSA) is 65.9 Å². The fourth-order valence-corrected chi connectivity index (χ4v) is 3.40. The Morgan fingerprint density at radius 2 is 2.04 bits per heavy atom. The van der Waals surface area contributed by atoms with E-state index in [1.54, 1.807) is 19.2 Å². The van der Waals surface area contributed by atoms with E-state index in [2.05, 4.69) is 22.5 Å². The van der Waals surface area contributed by atoms with Crippen LogP contribution in [0.5, 0.6) is 5.75 Å². The van der Waals surface area contributed by atoms with Crippen LogP contribution in [-0.2, 0) is 11.3 Å². The average Bonchev–Trinajstić information content (AvgIpc) is 3.05. The molecule has 1 aromatic carbocycles. The number of aliphatic imine (C=N–C) groups is 1. The number of methoxy groups -OCH3 is 1. The lowest BCUT2D eigenvalue weighted by Gasteiger charge is -2.30. The number of phenols is 1. The molecular formula is C19H32IN3O2. The van der Waals surface area contributed by atoms with Gasteiger partial charge in [-0.2, -0.15) is 0 Å². The summed E-state index contributed by atoms with van der Waals surface area (Å²) in [6, 6.07) is 7.25. The molecule has 0 radical (unpaired) electrons. The molecule has 0 atom stereocenters. The highest BCUT2D eigenvalue weighted by molar-refractivity contribution is 14.0. The third-order valence-electron chi connectivity index (χ3n) is 4.81. The molecule has 1 aliphatic rings. The molecule has 1 fully saturated rings. The lowest BCUT2D eigenvalue weighted by Crippen LogP contribution is -2.43. The summed E-state index contributed by atoms with van der Waals surface area (Å²) < 4.78 is 5.30. The Morgan fingerprint density at radius 3 is 2.68 bits per heavy atom. The first-order valence-electron chi connectivity index (χ1n) is 8.96. The van der Waals surface area contributed by atoms with Gasteiger partial charge in [-0.15, -0.1) is 24.0 Å². The molecule has 3 N–H and O–H groups in total. The summed E-state index contributed by atoms with van der Waals surface area (Å²) >= 11 is 0. The molecule has 0 heterocycles. The number of nitrogens with one attached hydrogen (secondary N) is 2. The third-order valence-corrected chi connectivity index (χ3v) is 4.81. The van der Waals surface area contributed by atoms with E-state index in [9.17, 15) is 5.11 Å². The molecule has 0 bridgehead atoms. The molecule has 0 spiro atoms. The van der Waals surface area contributed by atoms with Gasteiger partial charge in [-0.1, -0.05) is 25.0 Å². The largest absolute Gasteiger partial charge is 0.508 e. The van der Waals surface area contributed by atoms with Crippen LogP contribution in [0.2, 0.25) is 0 Å². The molecule has 6 heteroatoms. The summed E-state index contributed by atoms with van der Waals surface area (Å²) in [6.45, 7) is 5.20. The van der Waals surface area contributed by atoms with Crippen LogP contribution in [0, 0.1) is 5.41 Å². The first kappa shape index (κ1) is 22.0. The maximum absolute atomic E-state index is 9.55. The van der Waals surface area contributed by atoms with Gasteiger partial charge < -0.3 is 20.5 Å². The van der Waals surface area contributed by atoms with Crippen LogP contribution in [-0.4, -0.2) is 37.9 Å². The maximum Gasteiger partial charge on any atom is 0.191 e. The van der Waals surface area contributed by atoms with Gasteiger partial charge in [0.25, 0.3) is 0 Å². The van der Waals surface area contributed by atoms with Crippen LogP contribution >= 0.6 is 24.0 Å². The smallest absolute Gasteiger partial charge is 0.191 e. The van der Waals surface area contributed by atoms with Crippen LogP contribution in [0.3, 0.4) is 0 Å². The minimum absolute atomic E-state index is 0. The number of ether oxygens (including phenoxy) is 1. The van der Waals surface area contributed by atoms with E-state index in [0.29, 0.717) is 12.0 Å². The molecule has 0 aliphatic heterocycles. The second-order valence-electron chi connectivity index (χ2n) is 6.67. The van der Waals surface area contributed by atoms with Gasteiger partial charge in [0.15, 0.2) is 5.96 Å². The number of halogens is 1. The van der Waals surface area contributed by atoms with Crippen LogP contribution < -0.4 is 10.6 Å². The van der Waals surface area contributed by atoms with Crippen molar-refractivity contribution in [1.82, 2.24) is 10.6 Å². The normalized spacial score (nSPS) is 16.3. The molecule has 2 rings (SSSR count). The standard InChI is InChI=1S/C19H31N3O2.HI/c1-3-20-18(21-14-16-7-6-8-17(23)13-16)22-15-19(11-12-24-2)9-4-5-10-19;/h6-8,13,23H,3-5,9-12,14-15H2,1-2H3,(H2,20,21,22);1H. The van der Waals surface area contributed by atoms with Crippen molar-refractivity contribution in [3.63, 3.8) is 0 Å². The van der Waals surface area contributed by atoms with Gasteiger partial charge in [0.05, 0.1) is 6.54 Å². The van der Waals surface area contributed by atoms with Crippen molar-refractivity contribution in [3.8, 4) is 5.75 Å². The van der Waals surface area contributed by atoms with Crippen LogP contribution in [0.1, 0.15) is 44.6 Å². The zero-order valence-corrected chi connectivity index (χ0v) is 17.7. The average molecular weight is 461 g/mol. The number of benzene rings is 1. The molecule has 5 nitrogen and oxygen atoms in total. The summed E-state index contributed by atoms with van der Waals surface area (Å²) in [6.07, 6.45) is 6.23. The Morgan fingerprint density at radius 1 is 1.28 bits per heavy atom. The van der Waals surface area contributed by atoms with Crippen LogP contribution in [0.4, 0.5) is 0 Å². The highest BCUT2D eigenvalue weighted by Crippen LogP contribution is 2.40. The monoisotopic (exact) mass is 461 g/mol. The minimum Gasteiger partial charge on any atom is -0.508 e. The summed E-state index contributed by atoms with van der Waals surface area (Å²) in [5.41, 5.74) is 1.33. The molecule has 142 valence electrons. The molecule has 0 amide bonds. The van der Waals surface area contributed by atoms with Crippen LogP contribution in [0.25, 0.3) is 0 Å². The second-order valence-corrected chi connectivity index (χ2v) is 6.67. The molecule has 1 aromatic rings. The number of hydrogen-bond acceptors (Lipinski definition) is 3. The molecule has 1 saturated carbocycles. The minimum atomic E-state index is 0. The molecule has 0 aromatic heterocycles. The fraction of sp³-hybridized carbons (Fsp3) is 0.632. The lowest BCUT2D eigenvalue weighted by atomic mass is 9.83. The van der Waals surface area contributed by atoms with Gasteiger partial charge in [0.2, 0.25) is 0 Å². The first-order valence-corrected chi connectivity index (χ1v) is 8.96. The molecule has 1 aliphatic carbocycles. The van der Waals surface area contributed by atoms with Crippen molar-refractivity contribution in [2.45, 2.75) is 45.6 Å². The van der Waals surface area contributed by atoms with Gasteiger partial charge in [-0.25, -0.2) is 4.99 Å². The number of guanidine groups is 1. The highest BCUT2D eigenvalue weighted by atomic mass is 127. The molecule has 25 heavy (non-hydrogen) atoms. The van der Waals surface area contributed by atoms with Crippen molar-refractivity contribution in [3.05, 3.63) is 29.8 Å². The quantitative estimate of drug-likeness (QED) is 0.314. The van der Waals surface area contributed by atoms with Gasteiger partial charge in [-0.3, -0.25) is 0 Å². The van der Waals surface area contributed by atoms with E-state index in [-0.39, 0.29) is 29.7 Å². The summed E-state index contributed by atoms with van der Waals surface area (Å²) in [7, 11) is 1.77. The number of hydrogen-bond donors (Lipinski definition) is 3. The molecule has 0 unspecified atom stereocenters. The van der Waals surface area contributed by atoms with E-state index in [1.165, 1.54) is 25.7 Å². The van der Waals surface area contributed by atoms with Gasteiger partial charge in [-0.05, 0) is 49.3 Å². The first-order chi connectivity index (χ1) is 11.7. The van der Waals surface area contributed by atoms with E-state index >= 15 is 0 Å². The van der Waals surface area contributed by atoms with E-state index in [0.717, 1.165) is 37.6 Å². The summed E-state index contributed by atoms with van der Waals surface area (Å²) in [5.74, 6) is 1.12. The van der Waals surface area contributed by atoms with E-state index in [4.69, 9.17) is 4.74 Å². The maximum atomic E-state index is 9.55. The predicted octanol–water partition coefficient (Wildman–Crippen LogP) is 3.66. The number of phenolic OH excluding ortho intramolecular Hbond substituents is 1. The Kier molecular flexibility index (Phi) is 10.2. The van der Waals surface area contributed by atoms with Crippen molar-refractivity contribution in [1.29, 1.82) is 0 Å². The molecular weight excluding hydrogens is 429 g/mol. The fourth-order valence-electron chi connectivity index (χ4n) is 3.40. The zero-order valence-electron chi connectivity index (χ0n) is 15.4.